The summed E-state index contributed by atoms with van der Waals surface area (Å²) in [5.74, 6) is -1.07. The number of amides is 1. The van der Waals surface area contributed by atoms with E-state index in [9.17, 15) is 14.3 Å². The van der Waals surface area contributed by atoms with Gasteiger partial charge in [-0.1, -0.05) is 36.4 Å². The molecule has 0 bridgehead atoms. The standard InChI is InChI=1S/C20H24FNO4/c1-2-26-19(12-20(24)22-25)18(16-7-9-17(21)10-8-16)11-14-3-5-15(13-23)6-4-14/h3-10,18-19,23,25H,2,11-13H2,1H3,(H,22,24)/t18-,19-/m1/s1. The van der Waals surface area contributed by atoms with Gasteiger partial charge in [0.2, 0.25) is 5.91 Å². The molecule has 1 amide bonds. The lowest BCUT2D eigenvalue weighted by Crippen LogP contribution is -2.31. The van der Waals surface area contributed by atoms with E-state index in [-0.39, 0.29) is 24.8 Å². The van der Waals surface area contributed by atoms with Gasteiger partial charge in [-0.3, -0.25) is 10.0 Å². The van der Waals surface area contributed by atoms with Gasteiger partial charge >= 0.3 is 0 Å². The summed E-state index contributed by atoms with van der Waals surface area (Å²) < 4.78 is 19.1. The zero-order valence-corrected chi connectivity index (χ0v) is 14.7. The van der Waals surface area contributed by atoms with Crippen LogP contribution in [0.5, 0.6) is 0 Å². The molecule has 0 fully saturated rings. The van der Waals surface area contributed by atoms with Gasteiger partial charge in [0.25, 0.3) is 0 Å². The van der Waals surface area contributed by atoms with Crippen LogP contribution in [0.1, 0.15) is 36.0 Å². The maximum Gasteiger partial charge on any atom is 0.245 e. The van der Waals surface area contributed by atoms with E-state index in [1.54, 1.807) is 17.6 Å². The van der Waals surface area contributed by atoms with E-state index in [0.29, 0.717) is 13.0 Å². The van der Waals surface area contributed by atoms with E-state index in [0.717, 1.165) is 16.7 Å². The zero-order valence-electron chi connectivity index (χ0n) is 14.7. The van der Waals surface area contributed by atoms with Crippen molar-refractivity contribution in [3.8, 4) is 0 Å². The number of carbonyl (C=O) groups excluding carboxylic acids is 1. The fourth-order valence-corrected chi connectivity index (χ4v) is 2.97. The van der Waals surface area contributed by atoms with Crippen LogP contribution in [0, 0.1) is 5.82 Å². The highest BCUT2D eigenvalue weighted by Gasteiger charge is 2.26. The van der Waals surface area contributed by atoms with Crippen molar-refractivity contribution in [2.75, 3.05) is 6.61 Å². The summed E-state index contributed by atoms with van der Waals surface area (Å²) in [7, 11) is 0. The fourth-order valence-electron chi connectivity index (χ4n) is 2.97. The van der Waals surface area contributed by atoms with E-state index in [4.69, 9.17) is 9.94 Å². The van der Waals surface area contributed by atoms with Crippen molar-refractivity contribution in [3.05, 3.63) is 71.0 Å². The first-order valence-electron chi connectivity index (χ1n) is 8.56. The highest BCUT2D eigenvalue weighted by Crippen LogP contribution is 2.29. The molecule has 6 heteroatoms. The van der Waals surface area contributed by atoms with Gasteiger partial charge in [-0.05, 0) is 42.2 Å². The quantitative estimate of drug-likeness (QED) is 0.474. The van der Waals surface area contributed by atoms with Gasteiger partial charge in [-0.15, -0.1) is 0 Å². The van der Waals surface area contributed by atoms with Gasteiger partial charge in [-0.2, -0.15) is 0 Å². The molecule has 0 aliphatic heterocycles. The van der Waals surface area contributed by atoms with Crippen molar-refractivity contribution in [2.45, 2.75) is 38.4 Å². The topological polar surface area (TPSA) is 78.8 Å². The third-order valence-electron chi connectivity index (χ3n) is 4.30. The highest BCUT2D eigenvalue weighted by molar-refractivity contribution is 5.75. The molecular formula is C20H24FNO4. The Hall–Kier alpha value is -2.28. The van der Waals surface area contributed by atoms with Crippen molar-refractivity contribution in [2.24, 2.45) is 0 Å². The second-order valence-electron chi connectivity index (χ2n) is 6.07. The van der Waals surface area contributed by atoms with Crippen molar-refractivity contribution >= 4 is 5.91 Å². The molecule has 0 unspecified atom stereocenters. The van der Waals surface area contributed by atoms with Crippen LogP contribution in [0.4, 0.5) is 4.39 Å². The van der Waals surface area contributed by atoms with Crippen LogP contribution < -0.4 is 5.48 Å². The Labute approximate surface area is 152 Å². The molecule has 0 spiro atoms. The number of aliphatic hydroxyl groups excluding tert-OH is 1. The predicted octanol–water partition coefficient (Wildman–Crippen LogP) is 2.94. The molecule has 140 valence electrons. The minimum Gasteiger partial charge on any atom is -0.392 e. The van der Waals surface area contributed by atoms with E-state index in [2.05, 4.69) is 0 Å². The van der Waals surface area contributed by atoms with Crippen molar-refractivity contribution in [1.29, 1.82) is 0 Å². The molecule has 0 aromatic heterocycles. The van der Waals surface area contributed by atoms with Crippen molar-refractivity contribution < 1.29 is 24.2 Å². The third-order valence-corrected chi connectivity index (χ3v) is 4.30. The summed E-state index contributed by atoms with van der Waals surface area (Å²) in [5, 5.41) is 18.0. The molecular weight excluding hydrogens is 337 g/mol. The van der Waals surface area contributed by atoms with Crippen molar-refractivity contribution in [3.63, 3.8) is 0 Å². The number of halogens is 1. The molecule has 2 aromatic rings. The van der Waals surface area contributed by atoms with E-state index < -0.39 is 12.0 Å². The average Bonchev–Trinajstić information content (AvgIpc) is 2.67. The molecule has 2 atom stereocenters. The second-order valence-corrected chi connectivity index (χ2v) is 6.07. The Kier molecular flexibility index (Phi) is 7.72. The van der Waals surface area contributed by atoms with Crippen molar-refractivity contribution in [1.82, 2.24) is 5.48 Å². The maximum absolute atomic E-state index is 13.3. The minimum absolute atomic E-state index is 0.0128. The number of hydrogen-bond donors (Lipinski definition) is 3. The summed E-state index contributed by atoms with van der Waals surface area (Å²) in [6, 6.07) is 13.6. The molecule has 0 aliphatic rings. The van der Waals surface area contributed by atoms with E-state index >= 15 is 0 Å². The van der Waals surface area contributed by atoms with Crippen LogP contribution in [-0.4, -0.2) is 28.9 Å². The van der Waals surface area contributed by atoms with E-state index in [1.807, 2.05) is 31.2 Å². The SMILES string of the molecule is CCO[C@H](CC(=O)NO)[C@H](Cc1ccc(CO)cc1)c1ccc(F)cc1. The zero-order chi connectivity index (χ0) is 18.9. The van der Waals surface area contributed by atoms with Gasteiger partial charge in [-0.25, -0.2) is 9.87 Å². The molecule has 0 saturated carbocycles. The third kappa shape index (κ3) is 5.62. The van der Waals surface area contributed by atoms with Gasteiger partial charge < -0.3 is 9.84 Å². The number of nitrogens with one attached hydrogen (secondary N) is 1. The summed E-state index contributed by atoms with van der Waals surface area (Å²) in [4.78, 5) is 11.7. The number of carbonyl (C=O) groups is 1. The highest BCUT2D eigenvalue weighted by atomic mass is 19.1. The molecule has 0 heterocycles. The monoisotopic (exact) mass is 361 g/mol. The molecule has 0 aliphatic carbocycles. The maximum atomic E-state index is 13.3. The second kappa shape index (κ2) is 10.0. The van der Waals surface area contributed by atoms with Gasteiger partial charge in [0.1, 0.15) is 5.82 Å². The van der Waals surface area contributed by atoms with Gasteiger partial charge in [0.15, 0.2) is 0 Å². The first-order valence-corrected chi connectivity index (χ1v) is 8.56. The largest absolute Gasteiger partial charge is 0.392 e. The van der Waals surface area contributed by atoms with Crippen LogP contribution in [0.25, 0.3) is 0 Å². The van der Waals surface area contributed by atoms with Crippen LogP contribution in [-0.2, 0) is 22.6 Å². The lowest BCUT2D eigenvalue weighted by Gasteiger charge is -2.27. The Bertz CT molecular complexity index is 688. The summed E-state index contributed by atoms with van der Waals surface area (Å²) >= 11 is 0. The number of aliphatic hydroxyl groups is 1. The molecule has 0 radical (unpaired) electrons. The molecule has 26 heavy (non-hydrogen) atoms. The predicted molar refractivity (Wildman–Crippen MR) is 95.2 cm³/mol. The number of hydrogen-bond acceptors (Lipinski definition) is 4. The first-order chi connectivity index (χ1) is 12.6. The van der Waals surface area contributed by atoms with Crippen LogP contribution >= 0.6 is 0 Å². The molecule has 2 rings (SSSR count). The van der Waals surface area contributed by atoms with Gasteiger partial charge in [0.05, 0.1) is 19.1 Å². The molecule has 2 aromatic carbocycles. The Balaban J connectivity index is 2.31. The number of ether oxygens (including phenoxy) is 1. The van der Waals surface area contributed by atoms with Crippen LogP contribution in [0.15, 0.2) is 48.5 Å². The lowest BCUT2D eigenvalue weighted by molar-refractivity contribution is -0.132. The Morgan fingerprint density at radius 1 is 1.12 bits per heavy atom. The first kappa shape index (κ1) is 20.0. The average molecular weight is 361 g/mol. The fraction of sp³-hybridized carbons (Fsp3) is 0.350. The molecule has 0 saturated heterocycles. The summed E-state index contributed by atoms with van der Waals surface area (Å²) in [6.45, 7) is 2.21. The summed E-state index contributed by atoms with van der Waals surface area (Å²) in [5.41, 5.74) is 4.31. The Morgan fingerprint density at radius 2 is 1.73 bits per heavy atom. The normalized spacial score (nSPS) is 13.2. The molecule has 3 N–H and O–H groups in total. The number of benzene rings is 2. The van der Waals surface area contributed by atoms with Crippen LogP contribution in [0.2, 0.25) is 0 Å². The molecule has 5 nitrogen and oxygen atoms in total. The summed E-state index contributed by atoms with van der Waals surface area (Å²) in [6.07, 6.45) is 0.0806. The number of hydroxylamine groups is 1. The number of rotatable bonds is 9. The van der Waals surface area contributed by atoms with Gasteiger partial charge in [0, 0.05) is 12.5 Å². The van der Waals surface area contributed by atoms with Crippen LogP contribution in [0.3, 0.4) is 0 Å². The minimum atomic E-state index is -0.536. The van der Waals surface area contributed by atoms with E-state index in [1.165, 1.54) is 12.1 Å². The Morgan fingerprint density at radius 3 is 2.27 bits per heavy atom. The lowest BCUT2D eigenvalue weighted by atomic mass is 9.85. The smallest absolute Gasteiger partial charge is 0.245 e.